The maximum atomic E-state index is 11.8. The lowest BCUT2D eigenvalue weighted by molar-refractivity contribution is -0.147. The van der Waals surface area contributed by atoms with Gasteiger partial charge in [-0.05, 0) is 29.8 Å². The molecule has 2 N–H and O–H groups in total. The van der Waals surface area contributed by atoms with Crippen LogP contribution in [-0.2, 0) is 20.9 Å². The number of carbonyl (C=O) groups excluding carboxylic acids is 3. The molecule has 148 valence electrons. The van der Waals surface area contributed by atoms with E-state index in [2.05, 4.69) is 10.6 Å². The van der Waals surface area contributed by atoms with Gasteiger partial charge in [-0.2, -0.15) is 0 Å². The molecule has 28 heavy (non-hydrogen) atoms. The predicted octanol–water partition coefficient (Wildman–Crippen LogP) is 1.29. The Labute approximate surface area is 162 Å². The van der Waals surface area contributed by atoms with Gasteiger partial charge in [0.1, 0.15) is 6.54 Å². The lowest BCUT2D eigenvalue weighted by Gasteiger charge is -2.10. The van der Waals surface area contributed by atoms with Crippen molar-refractivity contribution in [2.24, 2.45) is 0 Å². The molecule has 8 nitrogen and oxygen atoms in total. The molecule has 0 fully saturated rings. The first-order chi connectivity index (χ1) is 13.5. The molecule has 2 rings (SSSR count). The molecular formula is C20H22N2O6. The SMILES string of the molecule is COc1ccc(CNC(=O)COC(=O)CNC(=O)c2ccccc2)cc1OC. The second-order valence-corrected chi connectivity index (χ2v) is 5.68. The summed E-state index contributed by atoms with van der Waals surface area (Å²) in [6.45, 7) is -0.522. The lowest BCUT2D eigenvalue weighted by Crippen LogP contribution is -2.33. The number of amides is 2. The van der Waals surface area contributed by atoms with E-state index in [1.54, 1.807) is 48.5 Å². The van der Waals surface area contributed by atoms with E-state index in [9.17, 15) is 14.4 Å². The van der Waals surface area contributed by atoms with Crippen LogP contribution in [0.3, 0.4) is 0 Å². The highest BCUT2D eigenvalue weighted by atomic mass is 16.5. The zero-order valence-corrected chi connectivity index (χ0v) is 15.7. The minimum absolute atomic E-state index is 0.238. The molecule has 0 bridgehead atoms. The van der Waals surface area contributed by atoms with E-state index >= 15 is 0 Å². The Bertz CT molecular complexity index is 823. The van der Waals surface area contributed by atoms with Gasteiger partial charge >= 0.3 is 5.97 Å². The molecule has 0 heterocycles. The van der Waals surface area contributed by atoms with E-state index in [4.69, 9.17) is 14.2 Å². The van der Waals surface area contributed by atoms with Gasteiger partial charge in [0.15, 0.2) is 18.1 Å². The molecule has 0 aliphatic heterocycles. The van der Waals surface area contributed by atoms with Crippen LogP contribution in [0, 0.1) is 0 Å². The largest absolute Gasteiger partial charge is 0.493 e. The number of ether oxygens (including phenoxy) is 3. The summed E-state index contributed by atoms with van der Waals surface area (Å²) in [4.78, 5) is 35.3. The van der Waals surface area contributed by atoms with Crippen LogP contribution in [0.5, 0.6) is 11.5 Å². The van der Waals surface area contributed by atoms with Gasteiger partial charge < -0.3 is 24.8 Å². The third-order valence-corrected chi connectivity index (χ3v) is 3.73. The highest BCUT2D eigenvalue weighted by Gasteiger charge is 2.11. The zero-order chi connectivity index (χ0) is 20.4. The fraction of sp³-hybridized carbons (Fsp3) is 0.250. The molecule has 2 aromatic rings. The summed E-state index contributed by atoms with van der Waals surface area (Å²) in [7, 11) is 3.06. The van der Waals surface area contributed by atoms with E-state index in [1.165, 1.54) is 14.2 Å². The van der Waals surface area contributed by atoms with Gasteiger partial charge in [0.2, 0.25) is 0 Å². The van der Waals surface area contributed by atoms with Crippen LogP contribution in [0.2, 0.25) is 0 Å². The van der Waals surface area contributed by atoms with Crippen LogP contribution in [0.25, 0.3) is 0 Å². The maximum Gasteiger partial charge on any atom is 0.325 e. The number of hydrogen-bond donors (Lipinski definition) is 2. The maximum absolute atomic E-state index is 11.8. The summed E-state index contributed by atoms with van der Waals surface area (Å²) < 4.78 is 15.2. The van der Waals surface area contributed by atoms with Crippen molar-refractivity contribution in [1.82, 2.24) is 10.6 Å². The Morgan fingerprint density at radius 2 is 1.61 bits per heavy atom. The first-order valence-corrected chi connectivity index (χ1v) is 8.50. The lowest BCUT2D eigenvalue weighted by atomic mass is 10.2. The number of benzene rings is 2. The molecule has 0 spiro atoms. The molecule has 8 heteroatoms. The average Bonchev–Trinajstić information content (AvgIpc) is 2.74. The topological polar surface area (TPSA) is 103 Å². The van der Waals surface area contributed by atoms with Crippen LogP contribution in [-0.4, -0.2) is 45.2 Å². The highest BCUT2D eigenvalue weighted by molar-refractivity contribution is 5.96. The van der Waals surface area contributed by atoms with Gasteiger partial charge in [-0.1, -0.05) is 24.3 Å². The number of carbonyl (C=O) groups is 3. The van der Waals surface area contributed by atoms with Crippen molar-refractivity contribution in [2.75, 3.05) is 27.4 Å². The molecule has 0 atom stereocenters. The monoisotopic (exact) mass is 386 g/mol. The van der Waals surface area contributed by atoms with Gasteiger partial charge in [-0.3, -0.25) is 14.4 Å². The van der Waals surface area contributed by atoms with Gasteiger partial charge in [-0.25, -0.2) is 0 Å². The molecule has 0 aliphatic rings. The fourth-order valence-electron chi connectivity index (χ4n) is 2.28. The summed E-state index contributed by atoms with van der Waals surface area (Å²) in [6, 6.07) is 13.7. The molecule has 0 aromatic heterocycles. The van der Waals surface area contributed by atoms with Crippen LogP contribution < -0.4 is 20.1 Å². The van der Waals surface area contributed by atoms with Crippen molar-refractivity contribution < 1.29 is 28.6 Å². The summed E-state index contributed by atoms with van der Waals surface area (Å²) in [5, 5.41) is 5.07. The zero-order valence-electron chi connectivity index (χ0n) is 15.7. The number of rotatable bonds is 9. The van der Waals surface area contributed by atoms with E-state index in [1.807, 2.05) is 0 Å². The second kappa shape index (κ2) is 10.6. The number of methoxy groups -OCH3 is 2. The smallest absolute Gasteiger partial charge is 0.325 e. The quantitative estimate of drug-likeness (QED) is 0.630. The molecule has 0 unspecified atom stereocenters. The van der Waals surface area contributed by atoms with Gasteiger partial charge in [0.25, 0.3) is 11.8 Å². The summed E-state index contributed by atoms with van der Waals surface area (Å²) in [6.07, 6.45) is 0. The number of nitrogens with one attached hydrogen (secondary N) is 2. The molecule has 2 amide bonds. The van der Waals surface area contributed by atoms with Crippen LogP contribution in [0.1, 0.15) is 15.9 Å². The number of hydrogen-bond acceptors (Lipinski definition) is 6. The Kier molecular flexibility index (Phi) is 7.83. The van der Waals surface area contributed by atoms with E-state index in [0.29, 0.717) is 17.1 Å². The van der Waals surface area contributed by atoms with Crippen LogP contribution in [0.4, 0.5) is 0 Å². The first kappa shape index (κ1) is 20.8. The fourth-order valence-corrected chi connectivity index (χ4v) is 2.28. The number of esters is 1. The Morgan fingerprint density at radius 3 is 2.29 bits per heavy atom. The molecular weight excluding hydrogens is 364 g/mol. The van der Waals surface area contributed by atoms with E-state index in [-0.39, 0.29) is 13.1 Å². The van der Waals surface area contributed by atoms with Crippen molar-refractivity contribution in [3.63, 3.8) is 0 Å². The van der Waals surface area contributed by atoms with Crippen molar-refractivity contribution in [3.8, 4) is 11.5 Å². The van der Waals surface area contributed by atoms with Gasteiger partial charge in [0.05, 0.1) is 14.2 Å². The first-order valence-electron chi connectivity index (χ1n) is 8.50. The van der Waals surface area contributed by atoms with E-state index < -0.39 is 24.4 Å². The Balaban J connectivity index is 1.70. The summed E-state index contributed by atoms with van der Waals surface area (Å²) in [5.41, 5.74) is 1.23. The normalized spacial score (nSPS) is 9.93. The minimum Gasteiger partial charge on any atom is -0.493 e. The summed E-state index contributed by atoms with van der Waals surface area (Å²) >= 11 is 0. The third kappa shape index (κ3) is 6.31. The van der Waals surface area contributed by atoms with Crippen molar-refractivity contribution in [3.05, 3.63) is 59.7 Å². The molecule has 0 aliphatic carbocycles. The average molecular weight is 386 g/mol. The van der Waals surface area contributed by atoms with Crippen LogP contribution in [0.15, 0.2) is 48.5 Å². The molecule has 0 saturated carbocycles. The molecule has 0 radical (unpaired) electrons. The van der Waals surface area contributed by atoms with Crippen molar-refractivity contribution >= 4 is 17.8 Å². The van der Waals surface area contributed by atoms with Crippen molar-refractivity contribution in [2.45, 2.75) is 6.54 Å². The molecule has 0 saturated heterocycles. The van der Waals surface area contributed by atoms with Gasteiger partial charge in [0, 0.05) is 12.1 Å². The standard InChI is InChI=1S/C20H22N2O6/c1-26-16-9-8-14(10-17(16)27-2)11-21-18(23)13-28-19(24)12-22-20(25)15-6-4-3-5-7-15/h3-10H,11-13H2,1-2H3,(H,21,23)(H,22,25). The van der Waals surface area contributed by atoms with Crippen LogP contribution >= 0.6 is 0 Å². The summed E-state index contributed by atoms with van der Waals surface area (Å²) in [5.74, 6) is -0.419. The second-order valence-electron chi connectivity index (χ2n) is 5.68. The predicted molar refractivity (Wildman–Crippen MR) is 101 cm³/mol. The van der Waals surface area contributed by atoms with Crippen molar-refractivity contribution in [1.29, 1.82) is 0 Å². The Morgan fingerprint density at radius 1 is 0.893 bits per heavy atom. The Hall–Kier alpha value is -3.55. The third-order valence-electron chi connectivity index (χ3n) is 3.73. The highest BCUT2D eigenvalue weighted by Crippen LogP contribution is 2.27. The minimum atomic E-state index is -0.703. The molecule has 2 aromatic carbocycles. The van der Waals surface area contributed by atoms with Gasteiger partial charge in [-0.15, -0.1) is 0 Å². The van der Waals surface area contributed by atoms with E-state index in [0.717, 1.165) is 5.56 Å².